The van der Waals surface area contributed by atoms with E-state index >= 15 is 0 Å². The van der Waals surface area contributed by atoms with Gasteiger partial charge in [-0.2, -0.15) is 5.10 Å². The normalized spacial score (nSPS) is 19.1. The predicted molar refractivity (Wildman–Crippen MR) is 149 cm³/mol. The summed E-state index contributed by atoms with van der Waals surface area (Å²) in [5.41, 5.74) is 1.39. The minimum atomic E-state index is -0.676. The van der Waals surface area contributed by atoms with Crippen molar-refractivity contribution < 1.29 is 18.8 Å². The number of aryl methyl sites for hydroxylation is 2. The minimum Gasteiger partial charge on any atom is -0.435 e. The van der Waals surface area contributed by atoms with Crippen LogP contribution in [0.2, 0.25) is 0 Å². The molecule has 1 aromatic carbocycles. The maximum Gasteiger partial charge on any atom is 0.291 e. The molecule has 0 radical (unpaired) electrons. The molecule has 0 saturated carbocycles. The number of carbonyl (C=O) groups excluding carboxylic acids is 3. The first-order chi connectivity index (χ1) is 19.2. The van der Waals surface area contributed by atoms with Gasteiger partial charge in [0.1, 0.15) is 11.9 Å². The van der Waals surface area contributed by atoms with E-state index in [0.29, 0.717) is 62.1 Å². The van der Waals surface area contributed by atoms with E-state index in [1.807, 2.05) is 58.0 Å². The Morgan fingerprint density at radius 2 is 1.85 bits per heavy atom. The Kier molecular flexibility index (Phi) is 9.34. The fourth-order valence-corrected chi connectivity index (χ4v) is 4.80. The zero-order chi connectivity index (χ0) is 28.8. The Morgan fingerprint density at radius 3 is 2.52 bits per heavy atom. The first-order valence-corrected chi connectivity index (χ1v) is 14.0. The number of aromatic nitrogens is 4. The number of fused-ring (bicyclic) bond motifs is 1. The Hall–Kier alpha value is -4.02. The van der Waals surface area contributed by atoms with Gasteiger partial charge < -0.3 is 20.0 Å². The highest BCUT2D eigenvalue weighted by Gasteiger charge is 2.28. The van der Waals surface area contributed by atoms with Gasteiger partial charge in [-0.15, -0.1) is 0 Å². The number of amides is 3. The van der Waals surface area contributed by atoms with Crippen molar-refractivity contribution in [3.63, 3.8) is 0 Å². The van der Waals surface area contributed by atoms with Crippen molar-refractivity contribution in [2.75, 3.05) is 13.1 Å². The van der Waals surface area contributed by atoms with E-state index in [4.69, 9.17) is 14.5 Å². The fraction of sp³-hybridized carbons (Fsp3) is 0.517. The summed E-state index contributed by atoms with van der Waals surface area (Å²) in [6.07, 6.45) is 1.70. The number of oxazole rings is 1. The summed E-state index contributed by atoms with van der Waals surface area (Å²) in [6, 6.07) is 8.45. The molecule has 3 aromatic rings. The summed E-state index contributed by atoms with van der Waals surface area (Å²) in [7, 11) is 0. The maximum atomic E-state index is 13.6. The van der Waals surface area contributed by atoms with Crippen LogP contribution in [0, 0.1) is 12.8 Å². The van der Waals surface area contributed by atoms with Crippen LogP contribution in [0.25, 0.3) is 11.4 Å². The third-order valence-corrected chi connectivity index (χ3v) is 6.88. The monoisotopic (exact) mass is 549 g/mol. The van der Waals surface area contributed by atoms with E-state index in [1.165, 1.54) is 0 Å². The number of carbonyl (C=O) groups is 3. The molecular weight excluding hydrogens is 510 g/mol. The van der Waals surface area contributed by atoms with Crippen molar-refractivity contribution in [2.45, 2.75) is 78.9 Å². The Balaban J connectivity index is 1.69. The van der Waals surface area contributed by atoms with Crippen molar-refractivity contribution in [2.24, 2.45) is 5.92 Å². The molecule has 0 fully saturated rings. The molecule has 1 aliphatic rings. The minimum absolute atomic E-state index is 0.184. The molecule has 214 valence electrons. The summed E-state index contributed by atoms with van der Waals surface area (Å²) in [5, 5.41) is 10.7. The average molecular weight is 550 g/mol. The summed E-state index contributed by atoms with van der Waals surface area (Å²) >= 11 is 0. The molecule has 11 heteroatoms. The largest absolute Gasteiger partial charge is 0.435 e. The molecule has 2 N–H and O–H groups in total. The number of nitrogens with one attached hydrogen (secondary N) is 2. The van der Waals surface area contributed by atoms with E-state index in [2.05, 4.69) is 15.6 Å². The molecule has 2 atom stereocenters. The quantitative estimate of drug-likeness (QED) is 0.498. The van der Waals surface area contributed by atoms with Gasteiger partial charge in [-0.3, -0.25) is 14.4 Å². The van der Waals surface area contributed by atoms with Crippen LogP contribution in [-0.4, -0.2) is 61.5 Å². The van der Waals surface area contributed by atoms with Crippen molar-refractivity contribution in [1.82, 2.24) is 35.3 Å². The van der Waals surface area contributed by atoms with Gasteiger partial charge >= 0.3 is 0 Å². The molecule has 0 bridgehead atoms. The molecule has 1 aliphatic heterocycles. The molecule has 0 saturated heterocycles. The van der Waals surface area contributed by atoms with Crippen LogP contribution in [-0.2, 0) is 22.6 Å². The lowest BCUT2D eigenvalue weighted by Crippen LogP contribution is -2.48. The van der Waals surface area contributed by atoms with Gasteiger partial charge in [-0.1, -0.05) is 51.1 Å². The Labute approximate surface area is 234 Å². The van der Waals surface area contributed by atoms with E-state index in [0.717, 1.165) is 5.56 Å². The van der Waals surface area contributed by atoms with E-state index in [-0.39, 0.29) is 35.8 Å². The Morgan fingerprint density at radius 1 is 1.10 bits per heavy atom. The van der Waals surface area contributed by atoms with Crippen LogP contribution in [0.15, 0.2) is 34.7 Å². The van der Waals surface area contributed by atoms with Crippen LogP contribution >= 0.6 is 0 Å². The van der Waals surface area contributed by atoms with Gasteiger partial charge in [0.05, 0.1) is 18.3 Å². The number of benzene rings is 1. The lowest BCUT2D eigenvalue weighted by atomic mass is 10.0. The van der Waals surface area contributed by atoms with Gasteiger partial charge in [0, 0.05) is 31.5 Å². The first kappa shape index (κ1) is 29.0. The third kappa shape index (κ3) is 6.94. The third-order valence-electron chi connectivity index (χ3n) is 6.88. The first-order valence-electron chi connectivity index (χ1n) is 14.0. The standard InChI is InChI=1S/C29H39N7O4/c1-6-24-30-19(4)25(40-24)29(39)35-14-10-13-23(37)32-22(17-18(2)3)28(38)31-20(5)27-33-26(34-36(27)16-15-35)21-11-8-7-9-12-21/h7-9,11-12,18,20,22H,6,10,13-17H2,1-5H3,(H,31,38)(H,32,37)/t20-,22-/m1/s1. The van der Waals surface area contributed by atoms with Crippen molar-refractivity contribution in [3.05, 3.63) is 53.5 Å². The molecule has 4 rings (SSSR count). The van der Waals surface area contributed by atoms with E-state index < -0.39 is 12.1 Å². The van der Waals surface area contributed by atoms with Gasteiger partial charge in [-0.05, 0) is 32.6 Å². The second-order valence-electron chi connectivity index (χ2n) is 10.6. The van der Waals surface area contributed by atoms with Crippen molar-refractivity contribution >= 4 is 17.7 Å². The molecule has 0 unspecified atom stereocenters. The molecular formula is C29H39N7O4. The maximum absolute atomic E-state index is 13.6. The number of hydrogen-bond acceptors (Lipinski definition) is 7. The van der Waals surface area contributed by atoms with Gasteiger partial charge in [0.15, 0.2) is 11.7 Å². The van der Waals surface area contributed by atoms with Gasteiger partial charge in [0.2, 0.25) is 17.6 Å². The lowest BCUT2D eigenvalue weighted by Gasteiger charge is -2.25. The number of rotatable bonds is 5. The summed E-state index contributed by atoms with van der Waals surface area (Å²) in [5.74, 6) is 1.26. The highest BCUT2D eigenvalue weighted by Crippen LogP contribution is 2.21. The number of hydrogen-bond donors (Lipinski definition) is 2. The van der Waals surface area contributed by atoms with Crippen molar-refractivity contribution in [1.29, 1.82) is 0 Å². The van der Waals surface area contributed by atoms with Crippen LogP contribution in [0.5, 0.6) is 0 Å². The molecule has 40 heavy (non-hydrogen) atoms. The topological polar surface area (TPSA) is 135 Å². The molecule has 3 heterocycles. The number of nitrogens with zero attached hydrogens (tertiary/aromatic N) is 5. The molecule has 3 amide bonds. The second-order valence-corrected chi connectivity index (χ2v) is 10.6. The molecule has 0 aliphatic carbocycles. The smallest absolute Gasteiger partial charge is 0.291 e. The summed E-state index contributed by atoms with van der Waals surface area (Å²) in [6.45, 7) is 10.5. The zero-order valence-corrected chi connectivity index (χ0v) is 23.9. The zero-order valence-electron chi connectivity index (χ0n) is 23.9. The fourth-order valence-electron chi connectivity index (χ4n) is 4.80. The predicted octanol–water partition coefficient (Wildman–Crippen LogP) is 3.45. The van der Waals surface area contributed by atoms with Crippen LogP contribution in [0.4, 0.5) is 0 Å². The van der Waals surface area contributed by atoms with E-state index in [1.54, 1.807) is 16.5 Å². The SMILES string of the molecule is CCc1nc(C)c(C(=O)N2CCCC(=O)N[C@H](CC(C)C)C(=O)N[C@H](C)c3nc(-c4ccccc4)nn3CC2)o1. The van der Waals surface area contributed by atoms with E-state index in [9.17, 15) is 14.4 Å². The molecule has 2 aromatic heterocycles. The van der Waals surface area contributed by atoms with Crippen molar-refractivity contribution in [3.8, 4) is 11.4 Å². The lowest BCUT2D eigenvalue weighted by molar-refractivity contribution is -0.129. The highest BCUT2D eigenvalue weighted by atomic mass is 16.4. The summed E-state index contributed by atoms with van der Waals surface area (Å²) < 4.78 is 7.51. The average Bonchev–Trinajstić information content (AvgIpc) is 3.53. The van der Waals surface area contributed by atoms with Crippen LogP contribution < -0.4 is 10.6 Å². The van der Waals surface area contributed by atoms with Gasteiger partial charge in [0.25, 0.3) is 5.91 Å². The van der Waals surface area contributed by atoms with Gasteiger partial charge in [-0.25, -0.2) is 14.6 Å². The summed E-state index contributed by atoms with van der Waals surface area (Å²) in [4.78, 5) is 50.5. The second kappa shape index (κ2) is 12.9. The highest BCUT2D eigenvalue weighted by molar-refractivity contribution is 5.92. The molecule has 11 nitrogen and oxygen atoms in total. The molecule has 0 spiro atoms. The van der Waals surface area contributed by atoms with Crippen LogP contribution in [0.3, 0.4) is 0 Å². The van der Waals surface area contributed by atoms with Crippen LogP contribution in [0.1, 0.15) is 81.0 Å². The Bertz CT molecular complexity index is 1330.